The van der Waals surface area contributed by atoms with Gasteiger partial charge in [-0.3, -0.25) is 4.79 Å². The Balaban J connectivity index is 1.55. The molecular weight excluding hydrogens is 302 g/mol. The molecule has 5 nitrogen and oxygen atoms in total. The number of hydrogen-bond donors (Lipinski definition) is 2. The average molecular weight is 320 g/mol. The predicted octanol–water partition coefficient (Wildman–Crippen LogP) is 2.72. The van der Waals surface area contributed by atoms with Crippen molar-refractivity contribution in [2.75, 3.05) is 19.6 Å². The first kappa shape index (κ1) is 15.1. The molecule has 1 aliphatic heterocycles. The smallest absolute Gasteiger partial charge is 0.273 e. The van der Waals surface area contributed by atoms with Gasteiger partial charge < -0.3 is 15.2 Å². The van der Waals surface area contributed by atoms with Crippen LogP contribution in [0, 0.1) is 5.92 Å². The van der Waals surface area contributed by atoms with E-state index in [0.717, 1.165) is 25.1 Å². The highest BCUT2D eigenvalue weighted by Gasteiger charge is 2.16. The summed E-state index contributed by atoms with van der Waals surface area (Å²) >= 11 is 5.85. The van der Waals surface area contributed by atoms with Gasteiger partial charge >= 0.3 is 0 Å². The van der Waals surface area contributed by atoms with Crippen LogP contribution in [0.25, 0.3) is 11.3 Å². The summed E-state index contributed by atoms with van der Waals surface area (Å²) < 4.78 is 5.23. The Morgan fingerprint density at radius 2 is 2.23 bits per heavy atom. The topological polar surface area (TPSA) is 67.2 Å². The van der Waals surface area contributed by atoms with Gasteiger partial charge in [0.15, 0.2) is 11.5 Å². The number of amides is 1. The number of aromatic nitrogens is 1. The number of hydrogen-bond acceptors (Lipinski definition) is 4. The van der Waals surface area contributed by atoms with Crippen molar-refractivity contribution >= 4 is 17.5 Å². The Labute approximate surface area is 134 Å². The zero-order valence-electron chi connectivity index (χ0n) is 12.1. The molecule has 116 valence electrons. The summed E-state index contributed by atoms with van der Waals surface area (Å²) in [4.78, 5) is 12.0. The summed E-state index contributed by atoms with van der Waals surface area (Å²) in [5.41, 5.74) is 1.14. The van der Waals surface area contributed by atoms with Crippen LogP contribution in [0.1, 0.15) is 23.3 Å². The Morgan fingerprint density at radius 3 is 2.95 bits per heavy atom. The van der Waals surface area contributed by atoms with E-state index in [1.807, 2.05) is 12.1 Å². The second-order valence-corrected chi connectivity index (χ2v) is 5.92. The van der Waals surface area contributed by atoms with E-state index in [2.05, 4.69) is 15.8 Å². The number of rotatable bonds is 5. The Bertz CT molecular complexity index is 633. The Morgan fingerprint density at radius 1 is 1.41 bits per heavy atom. The van der Waals surface area contributed by atoms with E-state index in [1.165, 1.54) is 6.42 Å². The van der Waals surface area contributed by atoms with Crippen molar-refractivity contribution in [2.24, 2.45) is 5.92 Å². The molecule has 2 aromatic rings. The first-order valence-corrected chi connectivity index (χ1v) is 7.82. The molecule has 0 spiro atoms. The maximum absolute atomic E-state index is 12.0. The fourth-order valence-electron chi connectivity index (χ4n) is 2.57. The molecule has 1 unspecified atom stereocenters. The lowest BCUT2D eigenvalue weighted by Gasteiger charge is -2.07. The summed E-state index contributed by atoms with van der Waals surface area (Å²) in [7, 11) is 0. The fourth-order valence-corrected chi connectivity index (χ4v) is 2.70. The molecule has 1 aromatic carbocycles. The second-order valence-electron chi connectivity index (χ2n) is 5.49. The summed E-state index contributed by atoms with van der Waals surface area (Å²) in [6.07, 6.45) is 2.17. The van der Waals surface area contributed by atoms with Crippen LogP contribution >= 0.6 is 11.6 Å². The standard InChI is InChI=1S/C16H18ClN3O2/c17-13-3-1-12(2-4-13)15-9-14(20-22-15)16(21)19-8-6-11-5-7-18-10-11/h1-4,9,11,18H,5-8,10H2,(H,19,21). The summed E-state index contributed by atoms with van der Waals surface area (Å²) in [6, 6.07) is 8.86. The lowest BCUT2D eigenvalue weighted by Crippen LogP contribution is -2.26. The van der Waals surface area contributed by atoms with Gasteiger partial charge in [0.25, 0.3) is 5.91 Å². The third-order valence-corrected chi connectivity index (χ3v) is 4.12. The van der Waals surface area contributed by atoms with Gasteiger partial charge in [-0.2, -0.15) is 0 Å². The van der Waals surface area contributed by atoms with Gasteiger partial charge in [0.2, 0.25) is 0 Å². The quantitative estimate of drug-likeness (QED) is 0.889. The Hall–Kier alpha value is -1.85. The minimum atomic E-state index is -0.199. The number of nitrogens with one attached hydrogen (secondary N) is 2. The molecule has 1 aliphatic rings. The SMILES string of the molecule is O=C(NCCC1CCNC1)c1cc(-c2ccc(Cl)cc2)on1. The van der Waals surface area contributed by atoms with Crippen molar-refractivity contribution in [3.63, 3.8) is 0 Å². The highest BCUT2D eigenvalue weighted by atomic mass is 35.5. The molecule has 1 saturated heterocycles. The van der Waals surface area contributed by atoms with Crippen LogP contribution in [0.5, 0.6) is 0 Å². The highest BCUT2D eigenvalue weighted by Crippen LogP contribution is 2.22. The highest BCUT2D eigenvalue weighted by molar-refractivity contribution is 6.30. The van der Waals surface area contributed by atoms with Crippen molar-refractivity contribution in [3.8, 4) is 11.3 Å². The normalized spacial score (nSPS) is 17.6. The minimum absolute atomic E-state index is 0.199. The molecule has 6 heteroatoms. The van der Waals surface area contributed by atoms with Crippen molar-refractivity contribution in [2.45, 2.75) is 12.8 Å². The van der Waals surface area contributed by atoms with Crippen LogP contribution in [0.2, 0.25) is 5.02 Å². The lowest BCUT2D eigenvalue weighted by molar-refractivity contribution is 0.0942. The Kier molecular flexibility index (Phi) is 4.75. The molecule has 22 heavy (non-hydrogen) atoms. The number of nitrogens with zero attached hydrogens (tertiary/aromatic N) is 1. The van der Waals surface area contributed by atoms with Gasteiger partial charge in [0.05, 0.1) is 0 Å². The van der Waals surface area contributed by atoms with Crippen molar-refractivity contribution in [1.82, 2.24) is 15.8 Å². The molecule has 1 aromatic heterocycles. The van der Waals surface area contributed by atoms with Crippen LogP contribution in [-0.2, 0) is 0 Å². The zero-order chi connectivity index (χ0) is 15.4. The number of benzene rings is 1. The van der Waals surface area contributed by atoms with Crippen molar-refractivity contribution in [3.05, 3.63) is 41.0 Å². The fraction of sp³-hybridized carbons (Fsp3) is 0.375. The third-order valence-electron chi connectivity index (χ3n) is 3.87. The molecule has 3 rings (SSSR count). The lowest BCUT2D eigenvalue weighted by atomic mass is 10.1. The van der Waals surface area contributed by atoms with Gasteiger partial charge in [-0.05, 0) is 56.1 Å². The molecule has 1 amide bonds. The van der Waals surface area contributed by atoms with Gasteiger partial charge in [-0.15, -0.1) is 0 Å². The number of carbonyl (C=O) groups is 1. The molecule has 2 N–H and O–H groups in total. The predicted molar refractivity (Wildman–Crippen MR) is 84.9 cm³/mol. The molecule has 2 heterocycles. The van der Waals surface area contributed by atoms with E-state index in [-0.39, 0.29) is 5.91 Å². The van der Waals surface area contributed by atoms with Crippen molar-refractivity contribution < 1.29 is 9.32 Å². The van der Waals surface area contributed by atoms with E-state index >= 15 is 0 Å². The van der Waals surface area contributed by atoms with Crippen LogP contribution in [-0.4, -0.2) is 30.7 Å². The van der Waals surface area contributed by atoms with Crippen LogP contribution in [0.15, 0.2) is 34.9 Å². The number of carbonyl (C=O) groups excluding carboxylic acids is 1. The van der Waals surface area contributed by atoms with Crippen molar-refractivity contribution in [1.29, 1.82) is 0 Å². The molecule has 0 saturated carbocycles. The monoisotopic (exact) mass is 319 g/mol. The molecule has 1 atom stereocenters. The van der Waals surface area contributed by atoms with Gasteiger partial charge in [-0.25, -0.2) is 0 Å². The summed E-state index contributed by atoms with van der Waals surface area (Å²) in [6.45, 7) is 2.78. The van der Waals surface area contributed by atoms with E-state index in [4.69, 9.17) is 16.1 Å². The average Bonchev–Trinajstić information content (AvgIpc) is 3.19. The maximum atomic E-state index is 12.0. The third kappa shape index (κ3) is 3.67. The van der Waals surface area contributed by atoms with Crippen LogP contribution < -0.4 is 10.6 Å². The summed E-state index contributed by atoms with van der Waals surface area (Å²) in [5, 5.41) is 10.7. The maximum Gasteiger partial charge on any atom is 0.273 e. The number of halogens is 1. The van der Waals surface area contributed by atoms with Crippen LogP contribution in [0.3, 0.4) is 0 Å². The molecule has 0 bridgehead atoms. The van der Waals surface area contributed by atoms with Gasteiger partial charge in [0, 0.05) is 23.2 Å². The van der Waals surface area contributed by atoms with Gasteiger partial charge in [0.1, 0.15) is 0 Å². The van der Waals surface area contributed by atoms with E-state index in [0.29, 0.717) is 28.9 Å². The molecule has 0 radical (unpaired) electrons. The molecule has 1 fully saturated rings. The largest absolute Gasteiger partial charge is 0.355 e. The van der Waals surface area contributed by atoms with E-state index < -0.39 is 0 Å². The van der Waals surface area contributed by atoms with Gasteiger partial charge in [-0.1, -0.05) is 16.8 Å². The second kappa shape index (κ2) is 6.94. The van der Waals surface area contributed by atoms with Crippen LogP contribution in [0.4, 0.5) is 0 Å². The van der Waals surface area contributed by atoms with E-state index in [9.17, 15) is 4.79 Å². The molecular formula is C16H18ClN3O2. The zero-order valence-corrected chi connectivity index (χ0v) is 12.9. The first-order chi connectivity index (χ1) is 10.7. The van der Waals surface area contributed by atoms with E-state index in [1.54, 1.807) is 18.2 Å². The minimum Gasteiger partial charge on any atom is -0.355 e. The summed E-state index contributed by atoms with van der Waals surface area (Å²) in [5.74, 6) is 1.01. The first-order valence-electron chi connectivity index (χ1n) is 7.44. The molecule has 0 aliphatic carbocycles.